The molecule has 0 N–H and O–H groups in total. The van der Waals surface area contributed by atoms with Gasteiger partial charge in [0.05, 0.1) is 8.07 Å². The summed E-state index contributed by atoms with van der Waals surface area (Å²) >= 11 is 0. The average Bonchev–Trinajstić information content (AvgIpc) is 2.71. The maximum absolute atomic E-state index is 4.24. The summed E-state index contributed by atoms with van der Waals surface area (Å²) in [5.74, 6) is 0. The SMILES string of the molecule is C[Si](C)(Cn1cncn1)C1CCCCC1. The molecule has 1 aliphatic carbocycles. The fraction of sp³-hybridized carbons (Fsp3) is 0.818. The van der Waals surface area contributed by atoms with Crippen molar-refractivity contribution in [3.8, 4) is 0 Å². The van der Waals surface area contributed by atoms with E-state index in [9.17, 15) is 0 Å². The molecule has 15 heavy (non-hydrogen) atoms. The second kappa shape index (κ2) is 4.47. The molecular weight excluding hydrogens is 202 g/mol. The molecule has 0 radical (unpaired) electrons. The van der Waals surface area contributed by atoms with Crippen LogP contribution in [0.15, 0.2) is 12.7 Å². The summed E-state index contributed by atoms with van der Waals surface area (Å²) in [5, 5.41) is 4.24. The van der Waals surface area contributed by atoms with E-state index >= 15 is 0 Å². The van der Waals surface area contributed by atoms with Crippen LogP contribution in [0.4, 0.5) is 0 Å². The van der Waals surface area contributed by atoms with Crippen LogP contribution < -0.4 is 0 Å². The van der Waals surface area contributed by atoms with E-state index in [4.69, 9.17) is 0 Å². The van der Waals surface area contributed by atoms with Gasteiger partial charge in [-0.15, -0.1) is 0 Å². The molecule has 1 aromatic rings. The van der Waals surface area contributed by atoms with Gasteiger partial charge in [0.1, 0.15) is 12.7 Å². The van der Waals surface area contributed by atoms with Crippen LogP contribution in [0, 0.1) is 0 Å². The maximum atomic E-state index is 4.24. The van der Waals surface area contributed by atoms with E-state index in [1.165, 1.54) is 32.1 Å². The number of aromatic nitrogens is 3. The summed E-state index contributed by atoms with van der Waals surface area (Å²) in [4.78, 5) is 4.03. The van der Waals surface area contributed by atoms with Gasteiger partial charge in [0.25, 0.3) is 0 Å². The van der Waals surface area contributed by atoms with Crippen molar-refractivity contribution in [2.24, 2.45) is 0 Å². The van der Waals surface area contributed by atoms with Crippen LogP contribution in [0.2, 0.25) is 18.6 Å². The van der Waals surface area contributed by atoms with Crippen molar-refractivity contribution in [3.05, 3.63) is 12.7 Å². The standard InChI is InChI=1S/C11H21N3Si/c1-15(2,10-14-9-12-8-13-14)11-6-4-3-5-7-11/h8-9,11H,3-7,10H2,1-2H3. The van der Waals surface area contributed by atoms with E-state index < -0.39 is 8.07 Å². The van der Waals surface area contributed by atoms with Crippen LogP contribution in [-0.2, 0) is 6.17 Å². The van der Waals surface area contributed by atoms with E-state index in [1.54, 1.807) is 6.33 Å². The van der Waals surface area contributed by atoms with Crippen LogP contribution in [0.3, 0.4) is 0 Å². The lowest BCUT2D eigenvalue weighted by Gasteiger charge is -2.35. The predicted octanol–water partition coefficient (Wildman–Crippen LogP) is 2.86. The summed E-state index contributed by atoms with van der Waals surface area (Å²) in [6.45, 7) is 5.01. The fourth-order valence-corrected chi connectivity index (χ4v) is 5.97. The molecule has 1 saturated carbocycles. The lowest BCUT2D eigenvalue weighted by Crippen LogP contribution is -2.39. The lowest BCUT2D eigenvalue weighted by atomic mass is 10.0. The molecular formula is C11H21N3Si. The van der Waals surface area contributed by atoms with E-state index in [-0.39, 0.29) is 0 Å². The van der Waals surface area contributed by atoms with E-state index in [2.05, 4.69) is 23.2 Å². The van der Waals surface area contributed by atoms with Gasteiger partial charge in [-0.05, 0) is 5.54 Å². The monoisotopic (exact) mass is 223 g/mol. The average molecular weight is 223 g/mol. The van der Waals surface area contributed by atoms with Gasteiger partial charge in [-0.3, -0.25) is 4.68 Å². The first-order valence-corrected chi connectivity index (χ1v) is 9.29. The van der Waals surface area contributed by atoms with E-state index in [1.807, 2.05) is 11.0 Å². The first kappa shape index (κ1) is 10.9. The van der Waals surface area contributed by atoms with Crippen LogP contribution in [0.1, 0.15) is 32.1 Å². The Kier molecular flexibility index (Phi) is 3.24. The van der Waals surface area contributed by atoms with Crippen molar-refractivity contribution in [1.29, 1.82) is 0 Å². The van der Waals surface area contributed by atoms with Crippen molar-refractivity contribution in [1.82, 2.24) is 14.8 Å². The second-order valence-corrected chi connectivity index (χ2v) is 10.5. The predicted molar refractivity (Wildman–Crippen MR) is 64.3 cm³/mol. The van der Waals surface area contributed by atoms with Gasteiger partial charge in [0, 0.05) is 6.17 Å². The number of hydrogen-bond acceptors (Lipinski definition) is 2. The summed E-state index contributed by atoms with van der Waals surface area (Å²) in [6, 6.07) is 0. The Hall–Kier alpha value is -0.643. The zero-order valence-corrected chi connectivity index (χ0v) is 10.8. The Morgan fingerprint density at radius 2 is 2.00 bits per heavy atom. The molecule has 2 rings (SSSR count). The molecule has 1 aromatic heterocycles. The fourth-order valence-electron chi connectivity index (χ4n) is 2.75. The largest absolute Gasteiger partial charge is 0.256 e. The summed E-state index contributed by atoms with van der Waals surface area (Å²) in [7, 11) is -1.15. The Bertz CT molecular complexity index is 289. The molecule has 0 atom stereocenters. The topological polar surface area (TPSA) is 30.7 Å². The number of nitrogens with zero attached hydrogens (tertiary/aromatic N) is 3. The lowest BCUT2D eigenvalue weighted by molar-refractivity contribution is 0.486. The molecule has 3 nitrogen and oxygen atoms in total. The first-order valence-electron chi connectivity index (χ1n) is 6.01. The van der Waals surface area contributed by atoms with Gasteiger partial charge >= 0.3 is 0 Å². The molecule has 4 heteroatoms. The number of hydrogen-bond donors (Lipinski definition) is 0. The third-order valence-electron chi connectivity index (χ3n) is 3.75. The number of rotatable bonds is 3. The normalized spacial score (nSPS) is 19.3. The van der Waals surface area contributed by atoms with Crippen LogP contribution in [-0.4, -0.2) is 22.8 Å². The molecule has 1 heterocycles. The highest BCUT2D eigenvalue weighted by atomic mass is 28.3. The van der Waals surface area contributed by atoms with Crippen LogP contribution >= 0.6 is 0 Å². The van der Waals surface area contributed by atoms with Crippen molar-refractivity contribution in [3.63, 3.8) is 0 Å². The molecule has 0 aromatic carbocycles. The third-order valence-corrected chi connectivity index (χ3v) is 7.67. The third kappa shape index (κ3) is 2.68. The smallest absolute Gasteiger partial charge is 0.137 e. The first-order chi connectivity index (χ1) is 7.18. The van der Waals surface area contributed by atoms with Crippen LogP contribution in [0.25, 0.3) is 0 Å². The molecule has 0 amide bonds. The second-order valence-electron chi connectivity index (χ2n) is 5.42. The van der Waals surface area contributed by atoms with Gasteiger partial charge in [0.15, 0.2) is 0 Å². The molecule has 84 valence electrons. The van der Waals surface area contributed by atoms with Crippen LogP contribution in [0.5, 0.6) is 0 Å². The van der Waals surface area contributed by atoms with Crippen molar-refractivity contribution < 1.29 is 0 Å². The summed E-state index contributed by atoms with van der Waals surface area (Å²) < 4.78 is 2.03. The molecule has 0 spiro atoms. The van der Waals surface area contributed by atoms with Gasteiger partial charge < -0.3 is 0 Å². The molecule has 0 aliphatic heterocycles. The highest BCUT2D eigenvalue weighted by molar-refractivity contribution is 6.77. The van der Waals surface area contributed by atoms with Gasteiger partial charge in [-0.1, -0.05) is 45.2 Å². The van der Waals surface area contributed by atoms with Crippen molar-refractivity contribution in [2.75, 3.05) is 0 Å². The quantitative estimate of drug-likeness (QED) is 0.738. The highest BCUT2D eigenvalue weighted by Crippen LogP contribution is 2.37. The van der Waals surface area contributed by atoms with E-state index in [0.29, 0.717) is 0 Å². The van der Waals surface area contributed by atoms with Crippen molar-refractivity contribution in [2.45, 2.75) is 56.9 Å². The Labute approximate surface area is 92.9 Å². The zero-order valence-electron chi connectivity index (χ0n) is 9.82. The summed E-state index contributed by atoms with van der Waals surface area (Å²) in [5.41, 5.74) is 0.996. The maximum Gasteiger partial charge on any atom is 0.137 e. The molecule has 0 bridgehead atoms. The van der Waals surface area contributed by atoms with Gasteiger partial charge in [-0.2, -0.15) is 5.10 Å². The molecule has 1 fully saturated rings. The minimum absolute atomic E-state index is 0.996. The molecule has 1 aliphatic rings. The van der Waals surface area contributed by atoms with Crippen molar-refractivity contribution >= 4 is 8.07 Å². The minimum Gasteiger partial charge on any atom is -0.256 e. The van der Waals surface area contributed by atoms with E-state index in [0.717, 1.165) is 11.7 Å². The molecule has 0 saturated heterocycles. The Morgan fingerprint density at radius 1 is 1.27 bits per heavy atom. The summed E-state index contributed by atoms with van der Waals surface area (Å²) in [6.07, 6.45) is 11.9. The Morgan fingerprint density at radius 3 is 2.60 bits per heavy atom. The van der Waals surface area contributed by atoms with Gasteiger partial charge in [0.2, 0.25) is 0 Å². The Balaban J connectivity index is 1.98. The zero-order chi connectivity index (χ0) is 10.7. The highest BCUT2D eigenvalue weighted by Gasteiger charge is 2.33. The molecule has 0 unspecified atom stereocenters. The van der Waals surface area contributed by atoms with Gasteiger partial charge in [-0.25, -0.2) is 4.98 Å². The minimum atomic E-state index is -1.15.